The highest BCUT2D eigenvalue weighted by Crippen LogP contribution is 2.39. The number of aromatic nitrogens is 3. The lowest BCUT2D eigenvalue weighted by Gasteiger charge is -2.10. The Morgan fingerprint density at radius 2 is 1.74 bits per heavy atom. The van der Waals surface area contributed by atoms with E-state index in [0.717, 1.165) is 67.8 Å². The lowest BCUT2D eigenvalue weighted by atomic mass is 9.99. The van der Waals surface area contributed by atoms with Gasteiger partial charge in [-0.2, -0.15) is 5.10 Å². The average molecular weight is 456 g/mol. The lowest BCUT2D eigenvalue weighted by Crippen LogP contribution is -2.00. The molecule has 2 aromatic carbocycles. The molecule has 0 atom stereocenters. The standard InChI is InChI=1S/C25H27Cl2N3O/c1-14-11-19(12-15(2)24(14)27)31-10-6-7-18-13-28-25-20(18)8-9-21(26)23(25)22-16(3)29-30(5)17(22)4/h8-9,11-13,28H,6-7,10H2,1-5H3. The molecule has 0 aliphatic carbocycles. The maximum atomic E-state index is 6.64. The summed E-state index contributed by atoms with van der Waals surface area (Å²) in [6.45, 7) is 8.75. The van der Waals surface area contributed by atoms with Crippen LogP contribution in [0, 0.1) is 27.7 Å². The topological polar surface area (TPSA) is 42.8 Å². The summed E-state index contributed by atoms with van der Waals surface area (Å²) in [5.41, 5.74) is 8.61. The van der Waals surface area contributed by atoms with Gasteiger partial charge in [0.2, 0.25) is 0 Å². The van der Waals surface area contributed by atoms with E-state index in [1.54, 1.807) is 0 Å². The molecule has 31 heavy (non-hydrogen) atoms. The first-order valence-corrected chi connectivity index (χ1v) is 11.2. The molecule has 0 bridgehead atoms. The number of ether oxygens (including phenoxy) is 1. The molecule has 0 saturated heterocycles. The number of halogens is 2. The van der Waals surface area contributed by atoms with Crippen molar-refractivity contribution in [2.75, 3.05) is 6.61 Å². The molecule has 2 heterocycles. The largest absolute Gasteiger partial charge is 0.494 e. The molecule has 2 aromatic heterocycles. The number of nitrogens with one attached hydrogen (secondary N) is 1. The minimum Gasteiger partial charge on any atom is -0.494 e. The minimum absolute atomic E-state index is 0.647. The summed E-state index contributed by atoms with van der Waals surface area (Å²) in [6, 6.07) is 8.07. The van der Waals surface area contributed by atoms with Gasteiger partial charge >= 0.3 is 0 Å². The molecule has 6 heteroatoms. The number of hydrogen-bond donors (Lipinski definition) is 1. The fourth-order valence-corrected chi connectivity index (χ4v) is 4.62. The molecule has 0 saturated carbocycles. The Bertz CT molecular complexity index is 1250. The van der Waals surface area contributed by atoms with Crippen LogP contribution in [-0.2, 0) is 13.5 Å². The zero-order valence-corrected chi connectivity index (χ0v) is 20.1. The van der Waals surface area contributed by atoms with Crippen molar-refractivity contribution < 1.29 is 4.74 Å². The Morgan fingerprint density at radius 1 is 1.03 bits per heavy atom. The van der Waals surface area contributed by atoms with Gasteiger partial charge in [-0.3, -0.25) is 4.68 Å². The Hall–Kier alpha value is -2.43. The minimum atomic E-state index is 0.647. The van der Waals surface area contributed by atoms with E-state index < -0.39 is 0 Å². The summed E-state index contributed by atoms with van der Waals surface area (Å²) in [6.07, 6.45) is 3.91. The van der Waals surface area contributed by atoms with E-state index in [9.17, 15) is 0 Å². The fourth-order valence-electron chi connectivity index (χ4n) is 4.26. The third-order valence-corrected chi connectivity index (χ3v) is 6.83. The molecule has 0 spiro atoms. The summed E-state index contributed by atoms with van der Waals surface area (Å²) in [4.78, 5) is 3.46. The van der Waals surface area contributed by atoms with Gasteiger partial charge in [-0.05, 0) is 75.4 Å². The number of hydrogen-bond acceptors (Lipinski definition) is 2. The van der Waals surface area contributed by atoms with Gasteiger partial charge in [0, 0.05) is 40.5 Å². The zero-order chi connectivity index (χ0) is 22.3. The van der Waals surface area contributed by atoms with E-state index in [2.05, 4.69) is 29.3 Å². The predicted molar refractivity (Wildman–Crippen MR) is 130 cm³/mol. The van der Waals surface area contributed by atoms with Gasteiger partial charge in [0.15, 0.2) is 0 Å². The molecule has 4 nitrogen and oxygen atoms in total. The van der Waals surface area contributed by atoms with Crippen molar-refractivity contribution in [2.45, 2.75) is 40.5 Å². The van der Waals surface area contributed by atoms with E-state index in [1.165, 1.54) is 10.9 Å². The highest BCUT2D eigenvalue weighted by molar-refractivity contribution is 6.35. The van der Waals surface area contributed by atoms with Gasteiger partial charge in [0.05, 0.1) is 22.8 Å². The molecule has 162 valence electrons. The second-order valence-electron chi connectivity index (χ2n) is 8.15. The summed E-state index contributed by atoms with van der Waals surface area (Å²) >= 11 is 12.9. The molecule has 0 fully saturated rings. The normalized spacial score (nSPS) is 11.5. The van der Waals surface area contributed by atoms with Gasteiger partial charge in [0.1, 0.15) is 5.75 Å². The molecule has 0 aliphatic heterocycles. The van der Waals surface area contributed by atoms with E-state index >= 15 is 0 Å². The summed E-state index contributed by atoms with van der Waals surface area (Å²) in [7, 11) is 1.96. The van der Waals surface area contributed by atoms with Crippen molar-refractivity contribution in [2.24, 2.45) is 7.05 Å². The molecule has 4 rings (SSSR count). The molecule has 0 radical (unpaired) electrons. The Morgan fingerprint density at radius 3 is 2.39 bits per heavy atom. The van der Waals surface area contributed by atoms with Crippen LogP contribution in [0.1, 0.15) is 34.5 Å². The number of rotatable bonds is 6. The molecule has 1 N–H and O–H groups in total. The van der Waals surface area contributed by atoms with Gasteiger partial charge in [-0.1, -0.05) is 29.3 Å². The lowest BCUT2D eigenvalue weighted by molar-refractivity contribution is 0.311. The Kier molecular flexibility index (Phi) is 6.05. The first-order valence-electron chi connectivity index (χ1n) is 10.5. The maximum absolute atomic E-state index is 6.64. The molecular weight excluding hydrogens is 429 g/mol. The maximum Gasteiger partial charge on any atom is 0.119 e. The average Bonchev–Trinajstić information content (AvgIpc) is 3.24. The third-order valence-electron chi connectivity index (χ3n) is 5.92. The quantitative estimate of drug-likeness (QED) is 0.314. The monoisotopic (exact) mass is 455 g/mol. The summed E-state index contributed by atoms with van der Waals surface area (Å²) in [5.74, 6) is 0.870. The zero-order valence-electron chi connectivity index (χ0n) is 18.6. The van der Waals surface area contributed by atoms with E-state index in [1.807, 2.05) is 50.7 Å². The number of H-pyrrole nitrogens is 1. The van der Waals surface area contributed by atoms with Crippen LogP contribution in [0.15, 0.2) is 30.5 Å². The van der Waals surface area contributed by atoms with Crippen LogP contribution in [0.25, 0.3) is 22.0 Å². The first-order chi connectivity index (χ1) is 14.8. The van der Waals surface area contributed by atoms with Crippen molar-refractivity contribution in [1.82, 2.24) is 14.8 Å². The number of fused-ring (bicyclic) bond motifs is 1. The van der Waals surface area contributed by atoms with Crippen LogP contribution >= 0.6 is 23.2 Å². The van der Waals surface area contributed by atoms with Crippen molar-refractivity contribution in [3.05, 3.63) is 68.6 Å². The first kappa shape index (κ1) is 21.8. The number of benzene rings is 2. The second-order valence-corrected chi connectivity index (χ2v) is 8.94. The fraction of sp³-hybridized carbons (Fsp3) is 0.320. The number of aromatic amines is 1. The SMILES string of the molecule is Cc1cc(OCCCc2c[nH]c3c(-c4c(C)nn(C)c4C)c(Cl)ccc23)cc(C)c1Cl. The molecule has 0 unspecified atom stereocenters. The predicted octanol–water partition coefficient (Wildman–Crippen LogP) is 7.12. The smallest absolute Gasteiger partial charge is 0.119 e. The van der Waals surface area contributed by atoms with E-state index in [0.29, 0.717) is 6.61 Å². The van der Waals surface area contributed by atoms with Gasteiger partial charge in [-0.15, -0.1) is 0 Å². The van der Waals surface area contributed by atoms with Gasteiger partial charge in [0.25, 0.3) is 0 Å². The molecule has 0 aliphatic rings. The van der Waals surface area contributed by atoms with Crippen molar-refractivity contribution in [1.29, 1.82) is 0 Å². The van der Waals surface area contributed by atoms with Crippen molar-refractivity contribution >= 4 is 34.1 Å². The highest BCUT2D eigenvalue weighted by atomic mass is 35.5. The Balaban J connectivity index is 1.54. The number of aryl methyl sites for hydroxylation is 5. The summed E-state index contributed by atoms with van der Waals surface area (Å²) < 4.78 is 7.88. The van der Waals surface area contributed by atoms with Crippen LogP contribution in [0.3, 0.4) is 0 Å². The van der Waals surface area contributed by atoms with Crippen LogP contribution in [0.5, 0.6) is 5.75 Å². The molecular formula is C25H27Cl2N3O. The van der Waals surface area contributed by atoms with Crippen molar-refractivity contribution in [3.63, 3.8) is 0 Å². The Labute approximate surface area is 193 Å². The van der Waals surface area contributed by atoms with E-state index in [4.69, 9.17) is 27.9 Å². The molecule has 0 amide bonds. The van der Waals surface area contributed by atoms with Crippen LogP contribution in [0.4, 0.5) is 0 Å². The van der Waals surface area contributed by atoms with Crippen molar-refractivity contribution in [3.8, 4) is 16.9 Å². The highest BCUT2D eigenvalue weighted by Gasteiger charge is 2.19. The van der Waals surface area contributed by atoms with Crippen LogP contribution in [-0.4, -0.2) is 21.4 Å². The van der Waals surface area contributed by atoms with Crippen LogP contribution < -0.4 is 4.74 Å². The molecule has 4 aromatic rings. The van der Waals surface area contributed by atoms with Gasteiger partial charge in [-0.25, -0.2) is 0 Å². The summed E-state index contributed by atoms with van der Waals surface area (Å²) in [5, 5.41) is 7.30. The van der Waals surface area contributed by atoms with Gasteiger partial charge < -0.3 is 9.72 Å². The van der Waals surface area contributed by atoms with Crippen LogP contribution in [0.2, 0.25) is 10.0 Å². The third kappa shape index (κ3) is 4.07. The second kappa shape index (κ2) is 8.60. The van der Waals surface area contributed by atoms with E-state index in [-0.39, 0.29) is 0 Å². The number of nitrogens with zero attached hydrogens (tertiary/aromatic N) is 2.